The summed E-state index contributed by atoms with van der Waals surface area (Å²) in [4.78, 5) is 24.8. The minimum Gasteiger partial charge on any atom is -0.480 e. The van der Waals surface area contributed by atoms with Gasteiger partial charge >= 0.3 is 12.0 Å². The topological polar surface area (TPSA) is 88.1 Å². The Balaban J connectivity index is 1.89. The first-order chi connectivity index (χ1) is 9.63. The van der Waals surface area contributed by atoms with Crippen LogP contribution in [-0.2, 0) is 14.3 Å². The number of carboxylic acid groups (broad SMARTS) is 1. The standard InChI is InChI=1S/C12H20N2O5S/c1-2-10-14(9(7-20-10)11(15)16)12(17)13-5-8-6-18-3-4-19-8/h8-10H,2-7H2,1H3,(H,13,17)(H,15,16). The Morgan fingerprint density at radius 1 is 1.45 bits per heavy atom. The number of carbonyl (C=O) groups is 2. The lowest BCUT2D eigenvalue weighted by Crippen LogP contribution is -2.52. The highest BCUT2D eigenvalue weighted by atomic mass is 32.2. The summed E-state index contributed by atoms with van der Waals surface area (Å²) in [7, 11) is 0. The van der Waals surface area contributed by atoms with E-state index in [0.717, 1.165) is 6.42 Å². The largest absolute Gasteiger partial charge is 0.480 e. The molecule has 2 N–H and O–H groups in total. The maximum absolute atomic E-state index is 12.2. The Hall–Kier alpha value is -0.990. The summed E-state index contributed by atoms with van der Waals surface area (Å²) in [5.41, 5.74) is 0. The molecular formula is C12H20N2O5S. The van der Waals surface area contributed by atoms with Gasteiger partial charge in [-0.3, -0.25) is 4.90 Å². The lowest BCUT2D eigenvalue weighted by molar-refractivity contribution is -0.141. The van der Waals surface area contributed by atoms with Crippen molar-refractivity contribution in [2.75, 3.05) is 32.1 Å². The predicted octanol–water partition coefficient (Wildman–Crippen LogP) is 0.350. The molecule has 0 spiro atoms. The second-order valence-corrected chi connectivity index (χ2v) is 5.92. The average molecular weight is 304 g/mol. The number of carbonyl (C=O) groups excluding carboxylic acids is 1. The molecule has 3 atom stereocenters. The summed E-state index contributed by atoms with van der Waals surface area (Å²) in [6.07, 6.45) is 0.566. The van der Waals surface area contributed by atoms with E-state index in [9.17, 15) is 14.7 Å². The molecule has 2 heterocycles. The number of hydrogen-bond donors (Lipinski definition) is 2. The molecular weight excluding hydrogens is 284 g/mol. The Labute approximate surface area is 122 Å². The van der Waals surface area contributed by atoms with Crippen LogP contribution in [0.1, 0.15) is 13.3 Å². The number of nitrogens with one attached hydrogen (secondary N) is 1. The first kappa shape index (κ1) is 15.4. The average Bonchev–Trinajstić information content (AvgIpc) is 2.90. The first-order valence-electron chi connectivity index (χ1n) is 6.73. The van der Waals surface area contributed by atoms with Gasteiger partial charge < -0.3 is 19.9 Å². The molecule has 2 amide bonds. The fraction of sp³-hybridized carbons (Fsp3) is 0.833. The minimum absolute atomic E-state index is 0.0837. The molecule has 0 bridgehead atoms. The summed E-state index contributed by atoms with van der Waals surface area (Å²) in [6.45, 7) is 3.83. The Morgan fingerprint density at radius 3 is 2.85 bits per heavy atom. The highest BCUT2D eigenvalue weighted by Crippen LogP contribution is 2.31. The zero-order valence-corrected chi connectivity index (χ0v) is 12.2. The van der Waals surface area contributed by atoms with Gasteiger partial charge in [-0.25, -0.2) is 9.59 Å². The molecule has 2 fully saturated rings. The van der Waals surface area contributed by atoms with Crippen LogP contribution >= 0.6 is 11.8 Å². The monoisotopic (exact) mass is 304 g/mol. The van der Waals surface area contributed by atoms with Gasteiger partial charge in [0, 0.05) is 12.3 Å². The molecule has 0 aromatic heterocycles. The number of aliphatic carboxylic acids is 1. The number of carboxylic acids is 1. The smallest absolute Gasteiger partial charge is 0.327 e. The predicted molar refractivity (Wildman–Crippen MR) is 73.8 cm³/mol. The van der Waals surface area contributed by atoms with Gasteiger partial charge in [0.25, 0.3) is 0 Å². The van der Waals surface area contributed by atoms with Crippen molar-refractivity contribution in [2.24, 2.45) is 0 Å². The van der Waals surface area contributed by atoms with Crippen LogP contribution in [0, 0.1) is 0 Å². The number of amides is 2. The molecule has 7 nitrogen and oxygen atoms in total. The maximum atomic E-state index is 12.2. The van der Waals surface area contributed by atoms with Crippen molar-refractivity contribution in [3.8, 4) is 0 Å². The van der Waals surface area contributed by atoms with Crippen LogP contribution in [-0.4, -0.2) is 71.6 Å². The second-order valence-electron chi connectivity index (χ2n) is 4.71. The zero-order chi connectivity index (χ0) is 14.5. The third-order valence-electron chi connectivity index (χ3n) is 3.33. The van der Waals surface area contributed by atoms with Gasteiger partial charge in [0.2, 0.25) is 0 Å². The molecule has 0 aromatic carbocycles. The SMILES string of the molecule is CCC1SCC(C(=O)O)N1C(=O)NCC1COCCO1. The van der Waals surface area contributed by atoms with Gasteiger partial charge in [-0.1, -0.05) is 6.92 Å². The summed E-state index contributed by atoms with van der Waals surface area (Å²) >= 11 is 1.50. The minimum atomic E-state index is -0.958. The first-order valence-corrected chi connectivity index (χ1v) is 7.78. The van der Waals surface area contributed by atoms with E-state index in [1.165, 1.54) is 16.7 Å². The number of ether oxygens (including phenoxy) is 2. The van der Waals surface area contributed by atoms with Crippen LogP contribution in [0.15, 0.2) is 0 Å². The van der Waals surface area contributed by atoms with Gasteiger partial charge in [0.15, 0.2) is 0 Å². The Bertz CT molecular complexity index is 362. The summed E-state index contributed by atoms with van der Waals surface area (Å²) < 4.78 is 10.7. The van der Waals surface area contributed by atoms with Crippen molar-refractivity contribution >= 4 is 23.8 Å². The number of hydrogen-bond acceptors (Lipinski definition) is 5. The highest BCUT2D eigenvalue weighted by Gasteiger charge is 2.40. The Kier molecular flexibility index (Phi) is 5.50. The summed E-state index contributed by atoms with van der Waals surface area (Å²) in [5, 5.41) is 11.8. The van der Waals surface area contributed by atoms with Crippen LogP contribution < -0.4 is 5.32 Å². The molecule has 2 aliphatic rings. The number of thioether (sulfide) groups is 1. The Morgan fingerprint density at radius 2 is 2.25 bits per heavy atom. The van der Waals surface area contributed by atoms with Crippen LogP contribution in [0.25, 0.3) is 0 Å². The molecule has 0 saturated carbocycles. The lowest BCUT2D eigenvalue weighted by atomic mass is 10.2. The van der Waals surface area contributed by atoms with Crippen molar-refractivity contribution in [1.29, 1.82) is 0 Å². The van der Waals surface area contributed by atoms with Gasteiger partial charge in [-0.05, 0) is 6.42 Å². The normalized spacial score (nSPS) is 30.2. The van der Waals surface area contributed by atoms with Crippen LogP contribution in [0.5, 0.6) is 0 Å². The van der Waals surface area contributed by atoms with Crippen LogP contribution in [0.4, 0.5) is 4.79 Å². The van der Waals surface area contributed by atoms with E-state index in [-0.39, 0.29) is 17.5 Å². The van der Waals surface area contributed by atoms with Gasteiger partial charge in [-0.15, -0.1) is 11.8 Å². The van der Waals surface area contributed by atoms with Crippen LogP contribution in [0.2, 0.25) is 0 Å². The second kappa shape index (κ2) is 7.14. The summed E-state index contributed by atoms with van der Waals surface area (Å²) in [6, 6.07) is -1.10. The molecule has 2 rings (SSSR count). The van der Waals surface area contributed by atoms with Gasteiger partial charge in [0.1, 0.15) is 6.04 Å². The third kappa shape index (κ3) is 3.56. The van der Waals surface area contributed by atoms with E-state index >= 15 is 0 Å². The molecule has 2 saturated heterocycles. The van der Waals surface area contributed by atoms with Gasteiger partial charge in [0.05, 0.1) is 31.3 Å². The fourth-order valence-corrected chi connectivity index (χ4v) is 3.63. The molecule has 0 aliphatic carbocycles. The molecule has 0 aromatic rings. The number of rotatable bonds is 4. The molecule has 8 heteroatoms. The lowest BCUT2D eigenvalue weighted by Gasteiger charge is -2.28. The molecule has 2 aliphatic heterocycles. The van der Waals surface area contributed by atoms with E-state index in [4.69, 9.17) is 9.47 Å². The van der Waals surface area contributed by atoms with E-state index in [2.05, 4.69) is 5.32 Å². The van der Waals surface area contributed by atoms with Gasteiger partial charge in [-0.2, -0.15) is 0 Å². The maximum Gasteiger partial charge on any atom is 0.327 e. The van der Waals surface area contributed by atoms with Crippen molar-refractivity contribution in [3.05, 3.63) is 0 Å². The van der Waals surface area contributed by atoms with Crippen LogP contribution in [0.3, 0.4) is 0 Å². The number of nitrogens with zero attached hydrogens (tertiary/aromatic N) is 1. The molecule has 3 unspecified atom stereocenters. The van der Waals surface area contributed by atoms with Crippen molar-refractivity contribution in [1.82, 2.24) is 10.2 Å². The van der Waals surface area contributed by atoms with Crippen molar-refractivity contribution < 1.29 is 24.2 Å². The van der Waals surface area contributed by atoms with E-state index < -0.39 is 12.0 Å². The number of urea groups is 1. The fourth-order valence-electron chi connectivity index (χ4n) is 2.29. The van der Waals surface area contributed by atoms with E-state index in [1.54, 1.807) is 0 Å². The quantitative estimate of drug-likeness (QED) is 0.779. The summed E-state index contributed by atoms with van der Waals surface area (Å²) in [5.74, 6) is -0.523. The van der Waals surface area contributed by atoms with Crippen molar-refractivity contribution in [3.63, 3.8) is 0 Å². The molecule has 114 valence electrons. The van der Waals surface area contributed by atoms with E-state index in [0.29, 0.717) is 32.1 Å². The highest BCUT2D eigenvalue weighted by molar-refractivity contribution is 8.00. The molecule has 0 radical (unpaired) electrons. The molecule has 20 heavy (non-hydrogen) atoms. The zero-order valence-electron chi connectivity index (χ0n) is 11.4. The van der Waals surface area contributed by atoms with E-state index in [1.807, 2.05) is 6.92 Å². The van der Waals surface area contributed by atoms with Crippen molar-refractivity contribution in [2.45, 2.75) is 30.9 Å². The third-order valence-corrected chi connectivity index (χ3v) is 4.78.